The van der Waals surface area contributed by atoms with Gasteiger partial charge in [0.05, 0.1) is 27.7 Å². The van der Waals surface area contributed by atoms with Crippen molar-refractivity contribution in [3.63, 3.8) is 0 Å². The lowest BCUT2D eigenvalue weighted by Crippen LogP contribution is -2.39. The average molecular weight is 526 g/mol. The van der Waals surface area contributed by atoms with Crippen molar-refractivity contribution in [2.45, 2.75) is 33.9 Å². The molecule has 1 saturated heterocycles. The topological polar surface area (TPSA) is 90.2 Å². The molecule has 32 heavy (non-hydrogen) atoms. The molecule has 0 saturated carbocycles. The van der Waals surface area contributed by atoms with Gasteiger partial charge in [0.1, 0.15) is 17.1 Å². The molecule has 1 aromatic carbocycles. The van der Waals surface area contributed by atoms with E-state index in [1.807, 2.05) is 15.6 Å². The summed E-state index contributed by atoms with van der Waals surface area (Å²) in [5.74, 6) is 0.469. The third-order valence-corrected chi connectivity index (χ3v) is 7.52. The van der Waals surface area contributed by atoms with Crippen LogP contribution in [-0.2, 0) is 22.9 Å². The minimum Gasteiger partial charge on any atom is -0.437 e. The number of halogens is 2. The van der Waals surface area contributed by atoms with E-state index in [1.54, 1.807) is 6.07 Å². The van der Waals surface area contributed by atoms with Gasteiger partial charge in [-0.2, -0.15) is 0 Å². The fourth-order valence-electron chi connectivity index (χ4n) is 3.56. The molecule has 2 aromatic heterocycles. The maximum Gasteiger partial charge on any atom is 0.223 e. The fourth-order valence-corrected chi connectivity index (χ4v) is 5.33. The van der Waals surface area contributed by atoms with Crippen LogP contribution in [0.25, 0.3) is 11.0 Å². The van der Waals surface area contributed by atoms with E-state index >= 15 is 0 Å². The van der Waals surface area contributed by atoms with Crippen molar-refractivity contribution < 1.29 is 17.5 Å². The van der Waals surface area contributed by atoms with Crippen LogP contribution < -0.4 is 4.74 Å². The number of fused-ring (bicyclic) bond motifs is 1. The largest absolute Gasteiger partial charge is 0.437 e. The molecule has 0 N–H and O–H groups in total. The number of hydrogen-bond acceptors (Lipinski definition) is 7. The first-order valence-electron chi connectivity index (χ1n) is 10.3. The quantitative estimate of drug-likeness (QED) is 0.500. The standard InChI is InChI=1S/C21H25BrFN5O3S/c1-21(2,3)13-28-16-4-5-17(18(22)19(16)25-26-28)31-20-14(10-15(23)11-24-20)12-27-6-8-32(29,30)9-7-27/h4-5,10-11H,6-9,12-13H2,1-3H3. The van der Waals surface area contributed by atoms with E-state index in [0.29, 0.717) is 47.5 Å². The third kappa shape index (κ3) is 5.26. The Hall–Kier alpha value is -2.11. The Kier molecular flexibility index (Phi) is 6.25. The SMILES string of the molecule is CC(C)(C)Cn1nnc2c(Br)c(Oc3ncc(F)cc3CN3CCS(=O)(=O)CC3)ccc21. The number of ether oxygens (including phenoxy) is 1. The zero-order valence-electron chi connectivity index (χ0n) is 18.2. The van der Waals surface area contributed by atoms with E-state index < -0.39 is 15.7 Å². The number of nitrogens with zero attached hydrogens (tertiary/aromatic N) is 5. The highest BCUT2D eigenvalue weighted by Crippen LogP contribution is 2.36. The molecule has 0 unspecified atom stereocenters. The van der Waals surface area contributed by atoms with Crippen molar-refractivity contribution in [3.8, 4) is 11.6 Å². The molecule has 0 atom stereocenters. The van der Waals surface area contributed by atoms with Crippen LogP contribution in [0.4, 0.5) is 4.39 Å². The van der Waals surface area contributed by atoms with Gasteiger partial charge >= 0.3 is 0 Å². The Morgan fingerprint density at radius 1 is 1.22 bits per heavy atom. The number of aromatic nitrogens is 4. The van der Waals surface area contributed by atoms with Crippen molar-refractivity contribution in [2.75, 3.05) is 24.6 Å². The molecular weight excluding hydrogens is 501 g/mol. The summed E-state index contributed by atoms with van der Waals surface area (Å²) in [4.78, 5) is 6.10. The summed E-state index contributed by atoms with van der Waals surface area (Å²) >= 11 is 3.56. The van der Waals surface area contributed by atoms with Gasteiger partial charge < -0.3 is 4.74 Å². The van der Waals surface area contributed by atoms with Crippen LogP contribution in [0.15, 0.2) is 28.9 Å². The van der Waals surface area contributed by atoms with Crippen LogP contribution in [0.3, 0.4) is 0 Å². The van der Waals surface area contributed by atoms with Gasteiger partial charge in [-0.1, -0.05) is 26.0 Å². The smallest absolute Gasteiger partial charge is 0.223 e. The Morgan fingerprint density at radius 2 is 1.94 bits per heavy atom. The van der Waals surface area contributed by atoms with Gasteiger partial charge in [-0.25, -0.2) is 22.5 Å². The lowest BCUT2D eigenvalue weighted by atomic mass is 9.97. The highest BCUT2D eigenvalue weighted by atomic mass is 79.9. The fraction of sp³-hybridized carbons (Fsp3) is 0.476. The second kappa shape index (κ2) is 8.68. The Bertz CT molecular complexity index is 1240. The number of benzene rings is 1. The molecule has 0 radical (unpaired) electrons. The first-order valence-corrected chi connectivity index (χ1v) is 12.9. The highest BCUT2D eigenvalue weighted by Gasteiger charge is 2.24. The van der Waals surface area contributed by atoms with E-state index in [-0.39, 0.29) is 22.8 Å². The summed E-state index contributed by atoms with van der Waals surface area (Å²) in [6.45, 7) is 8.24. The predicted molar refractivity (Wildman–Crippen MR) is 123 cm³/mol. The maximum absolute atomic E-state index is 13.9. The van der Waals surface area contributed by atoms with Crippen LogP contribution in [-0.4, -0.2) is 57.9 Å². The second-order valence-electron chi connectivity index (χ2n) is 9.20. The van der Waals surface area contributed by atoms with Gasteiger partial charge in [-0.3, -0.25) is 4.90 Å². The summed E-state index contributed by atoms with van der Waals surface area (Å²) in [5.41, 5.74) is 2.13. The third-order valence-electron chi connectivity index (χ3n) is 5.14. The molecule has 172 valence electrons. The molecule has 0 spiro atoms. The van der Waals surface area contributed by atoms with Crippen LogP contribution in [0, 0.1) is 11.2 Å². The molecule has 1 aliphatic rings. The van der Waals surface area contributed by atoms with Gasteiger partial charge in [0.15, 0.2) is 9.84 Å². The van der Waals surface area contributed by atoms with Crippen molar-refractivity contribution in [3.05, 3.63) is 40.2 Å². The zero-order chi connectivity index (χ0) is 23.1. The normalized spacial score (nSPS) is 17.0. The highest BCUT2D eigenvalue weighted by molar-refractivity contribution is 9.10. The minimum atomic E-state index is -2.99. The van der Waals surface area contributed by atoms with E-state index in [1.165, 1.54) is 6.07 Å². The van der Waals surface area contributed by atoms with E-state index in [0.717, 1.165) is 11.7 Å². The summed E-state index contributed by atoms with van der Waals surface area (Å²) in [5, 5.41) is 8.56. The molecule has 1 aliphatic heterocycles. The van der Waals surface area contributed by atoms with Crippen LogP contribution in [0.5, 0.6) is 11.6 Å². The molecule has 0 amide bonds. The van der Waals surface area contributed by atoms with Crippen LogP contribution in [0.1, 0.15) is 26.3 Å². The molecular formula is C21H25BrFN5O3S. The molecule has 8 nitrogen and oxygen atoms in total. The van der Waals surface area contributed by atoms with Gasteiger partial charge in [-0.15, -0.1) is 5.10 Å². The Morgan fingerprint density at radius 3 is 2.62 bits per heavy atom. The predicted octanol–water partition coefficient (Wildman–Crippen LogP) is 3.80. The summed E-state index contributed by atoms with van der Waals surface area (Å²) in [6.07, 6.45) is 1.10. The molecule has 3 heterocycles. The van der Waals surface area contributed by atoms with E-state index in [4.69, 9.17) is 4.74 Å². The van der Waals surface area contributed by atoms with Crippen molar-refractivity contribution in [1.82, 2.24) is 24.9 Å². The molecule has 0 bridgehead atoms. The van der Waals surface area contributed by atoms with Gasteiger partial charge in [0.25, 0.3) is 0 Å². The van der Waals surface area contributed by atoms with Crippen molar-refractivity contribution in [1.29, 1.82) is 0 Å². The number of pyridine rings is 1. The summed E-state index contributed by atoms with van der Waals surface area (Å²) in [6, 6.07) is 5.06. The molecule has 3 aromatic rings. The second-order valence-corrected chi connectivity index (χ2v) is 12.3. The minimum absolute atomic E-state index is 0.0446. The average Bonchev–Trinajstić information content (AvgIpc) is 3.09. The molecule has 11 heteroatoms. The lowest BCUT2D eigenvalue weighted by molar-refractivity contribution is 0.282. The van der Waals surface area contributed by atoms with Crippen molar-refractivity contribution >= 4 is 36.8 Å². The van der Waals surface area contributed by atoms with Crippen LogP contribution >= 0.6 is 15.9 Å². The first kappa shape index (κ1) is 23.1. The molecule has 4 rings (SSSR count). The van der Waals surface area contributed by atoms with Gasteiger partial charge in [-0.05, 0) is 39.5 Å². The maximum atomic E-state index is 13.9. The Labute approximate surface area is 194 Å². The molecule has 1 fully saturated rings. The monoisotopic (exact) mass is 525 g/mol. The lowest BCUT2D eigenvalue weighted by Gasteiger charge is -2.26. The van der Waals surface area contributed by atoms with Crippen molar-refractivity contribution in [2.24, 2.45) is 5.41 Å². The number of sulfone groups is 1. The van der Waals surface area contributed by atoms with Gasteiger partial charge in [0, 0.05) is 31.7 Å². The van der Waals surface area contributed by atoms with Crippen LogP contribution in [0.2, 0.25) is 0 Å². The number of rotatable bonds is 5. The summed E-state index contributed by atoms with van der Waals surface area (Å²) < 4.78 is 45.9. The summed E-state index contributed by atoms with van der Waals surface area (Å²) in [7, 11) is -2.99. The van der Waals surface area contributed by atoms with E-state index in [9.17, 15) is 12.8 Å². The molecule has 0 aliphatic carbocycles. The zero-order valence-corrected chi connectivity index (χ0v) is 20.6. The van der Waals surface area contributed by atoms with E-state index in [2.05, 4.69) is 52.0 Å². The first-order chi connectivity index (χ1) is 15.0. The Balaban J connectivity index is 1.59. The number of hydrogen-bond donors (Lipinski definition) is 0. The van der Waals surface area contributed by atoms with Gasteiger partial charge in [0.2, 0.25) is 5.88 Å².